The highest BCUT2D eigenvalue weighted by atomic mass is 32.1. The summed E-state index contributed by atoms with van der Waals surface area (Å²) in [5.74, 6) is 0.781. The van der Waals surface area contributed by atoms with E-state index in [1.807, 2.05) is 6.92 Å². The minimum atomic E-state index is -0.189. The van der Waals surface area contributed by atoms with Crippen LogP contribution in [0.15, 0.2) is 0 Å². The average molecular weight is 214 g/mol. The highest BCUT2D eigenvalue weighted by molar-refractivity contribution is 7.81. The van der Waals surface area contributed by atoms with E-state index in [9.17, 15) is 4.79 Å². The fourth-order valence-corrected chi connectivity index (χ4v) is 2.51. The first kappa shape index (κ1) is 10.3. The lowest BCUT2D eigenvalue weighted by Gasteiger charge is -2.45. The van der Waals surface area contributed by atoms with Crippen molar-refractivity contribution in [2.75, 3.05) is 19.6 Å². The molecule has 14 heavy (non-hydrogen) atoms. The maximum atomic E-state index is 11.5. The first-order valence-electron chi connectivity index (χ1n) is 5.37. The van der Waals surface area contributed by atoms with Gasteiger partial charge in [-0.1, -0.05) is 0 Å². The molecule has 2 atom stereocenters. The van der Waals surface area contributed by atoms with Crippen molar-refractivity contribution in [3.63, 3.8) is 0 Å². The molecule has 3 aliphatic heterocycles. The number of carbonyl (C=O) groups is 1. The number of hydrogen-bond acceptors (Lipinski definition) is 3. The Morgan fingerprint density at radius 1 is 1.50 bits per heavy atom. The predicted molar refractivity (Wildman–Crippen MR) is 59.5 cm³/mol. The molecule has 0 aromatic rings. The van der Waals surface area contributed by atoms with Gasteiger partial charge in [-0.3, -0.25) is 4.79 Å². The van der Waals surface area contributed by atoms with E-state index < -0.39 is 0 Å². The number of piperidine rings is 3. The van der Waals surface area contributed by atoms with Crippen molar-refractivity contribution in [3.05, 3.63) is 0 Å². The molecule has 1 amide bonds. The van der Waals surface area contributed by atoms with Crippen LogP contribution in [0, 0.1) is 5.92 Å². The minimum absolute atomic E-state index is 0.0760. The molecular formula is C10H18N2OS. The molecule has 4 heteroatoms. The normalized spacial score (nSPS) is 38.0. The lowest BCUT2D eigenvalue weighted by Crippen LogP contribution is -2.58. The van der Waals surface area contributed by atoms with Crippen LogP contribution >= 0.6 is 12.6 Å². The molecule has 0 radical (unpaired) electrons. The van der Waals surface area contributed by atoms with Crippen molar-refractivity contribution in [3.8, 4) is 0 Å². The lowest BCUT2D eigenvalue weighted by atomic mass is 9.84. The Balaban J connectivity index is 1.90. The van der Waals surface area contributed by atoms with Gasteiger partial charge in [-0.15, -0.1) is 0 Å². The van der Waals surface area contributed by atoms with Crippen LogP contribution in [-0.2, 0) is 4.79 Å². The Hall–Kier alpha value is -0.220. The zero-order chi connectivity index (χ0) is 10.1. The van der Waals surface area contributed by atoms with Crippen molar-refractivity contribution in [1.82, 2.24) is 10.2 Å². The molecule has 3 heterocycles. The van der Waals surface area contributed by atoms with Crippen LogP contribution in [0.4, 0.5) is 0 Å². The van der Waals surface area contributed by atoms with Crippen LogP contribution < -0.4 is 5.32 Å². The smallest absolute Gasteiger partial charge is 0.232 e. The Labute approximate surface area is 90.6 Å². The van der Waals surface area contributed by atoms with E-state index in [4.69, 9.17) is 0 Å². The van der Waals surface area contributed by atoms with Crippen LogP contribution in [0.1, 0.15) is 19.8 Å². The fourth-order valence-electron chi connectivity index (χ4n) is 2.43. The topological polar surface area (TPSA) is 32.3 Å². The number of hydrogen-bond donors (Lipinski definition) is 2. The van der Waals surface area contributed by atoms with Crippen molar-refractivity contribution >= 4 is 18.5 Å². The second kappa shape index (κ2) is 4.11. The highest BCUT2D eigenvalue weighted by Gasteiger charge is 2.34. The zero-order valence-corrected chi connectivity index (χ0v) is 9.46. The summed E-state index contributed by atoms with van der Waals surface area (Å²) in [6.45, 7) is 5.29. The van der Waals surface area contributed by atoms with Crippen molar-refractivity contribution < 1.29 is 4.79 Å². The van der Waals surface area contributed by atoms with Gasteiger partial charge in [0.1, 0.15) is 0 Å². The first-order chi connectivity index (χ1) is 6.66. The van der Waals surface area contributed by atoms with E-state index in [1.54, 1.807) is 0 Å². The van der Waals surface area contributed by atoms with Gasteiger partial charge in [0.25, 0.3) is 0 Å². The van der Waals surface area contributed by atoms with E-state index in [0.29, 0.717) is 12.0 Å². The lowest BCUT2D eigenvalue weighted by molar-refractivity contribution is -0.122. The molecule has 80 valence electrons. The summed E-state index contributed by atoms with van der Waals surface area (Å²) in [6.07, 6.45) is 2.48. The highest BCUT2D eigenvalue weighted by Crippen LogP contribution is 2.27. The fraction of sp³-hybridized carbons (Fsp3) is 0.900. The maximum Gasteiger partial charge on any atom is 0.232 e. The largest absolute Gasteiger partial charge is 0.351 e. The van der Waals surface area contributed by atoms with E-state index in [1.165, 1.54) is 25.9 Å². The number of fused-ring (bicyclic) bond motifs is 3. The molecule has 0 aromatic carbocycles. The molecule has 0 aliphatic carbocycles. The third kappa shape index (κ3) is 2.06. The quantitative estimate of drug-likeness (QED) is 0.657. The molecule has 3 rings (SSSR count). The van der Waals surface area contributed by atoms with Gasteiger partial charge in [0.05, 0.1) is 5.25 Å². The van der Waals surface area contributed by atoms with Crippen LogP contribution in [0.25, 0.3) is 0 Å². The third-order valence-corrected chi connectivity index (χ3v) is 3.60. The number of nitrogens with one attached hydrogen (secondary N) is 1. The number of nitrogens with zero attached hydrogens (tertiary/aromatic N) is 1. The molecule has 2 bridgehead atoms. The zero-order valence-electron chi connectivity index (χ0n) is 8.57. The Morgan fingerprint density at radius 3 is 2.57 bits per heavy atom. The Kier molecular flexibility index (Phi) is 3.02. The van der Waals surface area contributed by atoms with Crippen molar-refractivity contribution in [1.29, 1.82) is 0 Å². The second-order valence-corrected chi connectivity index (χ2v) is 5.20. The van der Waals surface area contributed by atoms with Gasteiger partial charge in [-0.25, -0.2) is 0 Å². The molecule has 2 unspecified atom stereocenters. The predicted octanol–water partition coefficient (Wildman–Crippen LogP) is 0.515. The van der Waals surface area contributed by atoms with Gasteiger partial charge in [-0.2, -0.15) is 12.6 Å². The standard InChI is InChI=1S/C10H18N2OS/c1-7(14)10(13)11-9-6-12-4-2-8(9)3-5-12/h7-9,14H,2-6H2,1H3,(H,11,13). The summed E-state index contributed by atoms with van der Waals surface area (Å²) in [7, 11) is 0. The van der Waals surface area contributed by atoms with Crippen LogP contribution in [-0.4, -0.2) is 41.7 Å². The Bertz CT molecular complexity index is 224. The van der Waals surface area contributed by atoms with E-state index >= 15 is 0 Å². The van der Waals surface area contributed by atoms with Gasteiger partial charge in [0.15, 0.2) is 0 Å². The molecule has 3 fully saturated rings. The summed E-state index contributed by atoms with van der Waals surface area (Å²) in [4.78, 5) is 13.9. The van der Waals surface area contributed by atoms with Gasteiger partial charge >= 0.3 is 0 Å². The maximum absolute atomic E-state index is 11.5. The van der Waals surface area contributed by atoms with Crippen molar-refractivity contribution in [2.45, 2.75) is 31.1 Å². The van der Waals surface area contributed by atoms with E-state index in [2.05, 4.69) is 22.8 Å². The Morgan fingerprint density at radius 2 is 2.14 bits per heavy atom. The van der Waals surface area contributed by atoms with E-state index in [-0.39, 0.29) is 11.2 Å². The monoisotopic (exact) mass is 214 g/mol. The molecule has 3 nitrogen and oxygen atoms in total. The summed E-state index contributed by atoms with van der Waals surface area (Å²) < 4.78 is 0. The summed E-state index contributed by atoms with van der Waals surface area (Å²) >= 11 is 4.14. The number of carbonyl (C=O) groups excluding carboxylic acids is 1. The van der Waals surface area contributed by atoms with Crippen molar-refractivity contribution in [2.24, 2.45) is 5.92 Å². The molecular weight excluding hydrogens is 196 g/mol. The van der Waals surface area contributed by atoms with Gasteiger partial charge in [0, 0.05) is 12.6 Å². The van der Waals surface area contributed by atoms with Crippen LogP contribution in [0.3, 0.4) is 0 Å². The third-order valence-electron chi connectivity index (χ3n) is 3.36. The first-order valence-corrected chi connectivity index (χ1v) is 5.89. The minimum Gasteiger partial charge on any atom is -0.351 e. The molecule has 0 saturated carbocycles. The van der Waals surface area contributed by atoms with E-state index in [0.717, 1.165) is 6.54 Å². The SMILES string of the molecule is CC(S)C(=O)NC1CN2CCC1CC2. The summed E-state index contributed by atoms with van der Waals surface area (Å²) in [5.41, 5.74) is 0. The summed E-state index contributed by atoms with van der Waals surface area (Å²) in [5, 5.41) is 2.90. The average Bonchev–Trinajstić information content (AvgIpc) is 2.19. The molecule has 0 aromatic heterocycles. The van der Waals surface area contributed by atoms with Gasteiger partial charge < -0.3 is 10.2 Å². The van der Waals surface area contributed by atoms with Crippen LogP contribution in [0.2, 0.25) is 0 Å². The number of rotatable bonds is 2. The molecule has 1 N–H and O–H groups in total. The number of amides is 1. The van der Waals surface area contributed by atoms with Gasteiger partial charge in [0.2, 0.25) is 5.91 Å². The van der Waals surface area contributed by atoms with Crippen LogP contribution in [0.5, 0.6) is 0 Å². The molecule has 3 aliphatic rings. The number of thiol groups is 1. The summed E-state index contributed by atoms with van der Waals surface area (Å²) in [6, 6.07) is 0.375. The molecule has 3 saturated heterocycles. The second-order valence-electron chi connectivity index (χ2n) is 4.43. The van der Waals surface area contributed by atoms with Gasteiger partial charge in [-0.05, 0) is 38.8 Å². The molecule has 0 spiro atoms.